The lowest BCUT2D eigenvalue weighted by atomic mass is 10.2. The van der Waals surface area contributed by atoms with E-state index in [1.165, 1.54) is 6.07 Å². The highest BCUT2D eigenvalue weighted by molar-refractivity contribution is 5.48. The summed E-state index contributed by atoms with van der Waals surface area (Å²) in [5, 5.41) is 10.7. The second kappa shape index (κ2) is 5.21. The minimum Gasteiger partial charge on any atom is -0.398 e. The molecule has 0 radical (unpaired) electrons. The Balaban J connectivity index is 3.09. The maximum atomic E-state index is 12.0. The second-order valence-electron chi connectivity index (χ2n) is 3.84. The molecule has 18 heavy (non-hydrogen) atoms. The Labute approximate surface area is 101 Å². The number of ether oxygens (including phenoxy) is 1. The van der Waals surface area contributed by atoms with Crippen LogP contribution in [-0.4, -0.2) is 30.3 Å². The fraction of sp³-hybridized carbons (Fsp3) is 0.400. The van der Waals surface area contributed by atoms with Crippen molar-refractivity contribution in [3.8, 4) is 5.75 Å². The van der Waals surface area contributed by atoms with Crippen molar-refractivity contribution in [3.05, 3.63) is 33.9 Å². The van der Waals surface area contributed by atoms with Gasteiger partial charge in [0.1, 0.15) is 0 Å². The molecule has 0 spiro atoms. The molecule has 0 bridgehead atoms. The predicted molar refractivity (Wildman–Crippen MR) is 57.2 cm³/mol. The Morgan fingerprint density at radius 2 is 2.00 bits per heavy atom. The van der Waals surface area contributed by atoms with Gasteiger partial charge in [-0.25, -0.2) is 0 Å². The van der Waals surface area contributed by atoms with Gasteiger partial charge in [0.15, 0.2) is 0 Å². The number of hydrogen-bond donors (Lipinski definition) is 0. The smallest absolute Gasteiger partial charge is 0.398 e. The summed E-state index contributed by atoms with van der Waals surface area (Å²) >= 11 is 0. The Morgan fingerprint density at radius 3 is 2.44 bits per heavy atom. The molecule has 0 atom stereocenters. The van der Waals surface area contributed by atoms with E-state index < -0.39 is 22.7 Å². The number of alkyl halides is 3. The molecule has 5 nitrogen and oxygen atoms in total. The average Bonchev–Trinajstić information content (AvgIpc) is 2.17. The first-order valence-electron chi connectivity index (χ1n) is 4.87. The van der Waals surface area contributed by atoms with Crippen molar-refractivity contribution in [1.82, 2.24) is 4.90 Å². The normalized spacial score (nSPS) is 11.7. The largest absolute Gasteiger partial charge is 0.573 e. The van der Waals surface area contributed by atoms with Crippen LogP contribution in [0.3, 0.4) is 0 Å². The number of nitrogens with zero attached hydrogens (tertiary/aromatic N) is 2. The van der Waals surface area contributed by atoms with Crippen molar-refractivity contribution in [2.45, 2.75) is 12.9 Å². The third-order valence-corrected chi connectivity index (χ3v) is 1.94. The van der Waals surface area contributed by atoms with Gasteiger partial charge in [-0.2, -0.15) is 0 Å². The number of benzene rings is 1. The molecule has 0 heterocycles. The quantitative estimate of drug-likeness (QED) is 0.619. The molecule has 1 aromatic rings. The summed E-state index contributed by atoms with van der Waals surface area (Å²) < 4.78 is 39.7. The zero-order valence-corrected chi connectivity index (χ0v) is 9.69. The van der Waals surface area contributed by atoms with Gasteiger partial charge in [0.05, 0.1) is 4.92 Å². The molecule has 1 rings (SSSR count). The summed E-state index contributed by atoms with van der Waals surface area (Å²) in [6.45, 7) is 0.382. The fourth-order valence-electron chi connectivity index (χ4n) is 1.38. The summed E-state index contributed by atoms with van der Waals surface area (Å²) in [7, 11) is 3.48. The fourth-order valence-corrected chi connectivity index (χ4v) is 1.38. The monoisotopic (exact) mass is 264 g/mol. The van der Waals surface area contributed by atoms with Gasteiger partial charge in [-0.15, -0.1) is 13.2 Å². The third-order valence-electron chi connectivity index (χ3n) is 1.94. The van der Waals surface area contributed by atoms with E-state index in [1.54, 1.807) is 19.0 Å². The lowest BCUT2D eigenvalue weighted by molar-refractivity contribution is -0.388. The molecule has 1 aromatic carbocycles. The highest BCUT2D eigenvalue weighted by Gasteiger charge is 2.34. The van der Waals surface area contributed by atoms with Crippen LogP contribution in [0.2, 0.25) is 0 Å². The number of rotatable bonds is 4. The average molecular weight is 264 g/mol. The third kappa shape index (κ3) is 4.21. The van der Waals surface area contributed by atoms with Gasteiger partial charge >= 0.3 is 12.0 Å². The molecule has 0 aliphatic heterocycles. The number of hydrogen-bond acceptors (Lipinski definition) is 4. The van der Waals surface area contributed by atoms with Crippen LogP contribution in [0.15, 0.2) is 18.2 Å². The Kier molecular flexibility index (Phi) is 4.12. The maximum absolute atomic E-state index is 12.0. The summed E-state index contributed by atoms with van der Waals surface area (Å²) in [5.74, 6) is -0.810. The Morgan fingerprint density at radius 1 is 1.39 bits per heavy atom. The molecule has 0 N–H and O–H groups in total. The van der Waals surface area contributed by atoms with Crippen LogP contribution in [-0.2, 0) is 6.54 Å². The van der Waals surface area contributed by atoms with E-state index >= 15 is 0 Å². The van der Waals surface area contributed by atoms with E-state index in [0.717, 1.165) is 12.1 Å². The van der Waals surface area contributed by atoms with E-state index in [-0.39, 0.29) is 0 Å². The first kappa shape index (κ1) is 14.2. The van der Waals surface area contributed by atoms with Crippen molar-refractivity contribution < 1.29 is 22.8 Å². The SMILES string of the molecule is CN(C)Cc1ccc(OC(F)(F)F)c([N+](=O)[O-])c1. The number of nitro benzene ring substituents is 1. The number of halogens is 3. The summed E-state index contributed by atoms with van der Waals surface area (Å²) in [6, 6.07) is 3.37. The zero-order valence-electron chi connectivity index (χ0n) is 9.69. The molecule has 0 aromatic heterocycles. The molecule has 0 saturated heterocycles. The summed E-state index contributed by atoms with van der Waals surface area (Å²) in [6.07, 6.45) is -4.95. The van der Waals surface area contributed by atoms with Crippen molar-refractivity contribution >= 4 is 5.69 Å². The molecule has 0 amide bonds. The van der Waals surface area contributed by atoms with Crippen LogP contribution in [0.5, 0.6) is 5.75 Å². The molecule has 0 saturated carbocycles. The summed E-state index contributed by atoms with van der Waals surface area (Å²) in [5.41, 5.74) is -0.173. The van der Waals surface area contributed by atoms with Crippen LogP contribution in [0.1, 0.15) is 5.56 Å². The lowest BCUT2D eigenvalue weighted by Gasteiger charge is -2.12. The molecular formula is C10H11F3N2O3. The van der Waals surface area contributed by atoms with E-state index in [2.05, 4.69) is 4.74 Å². The second-order valence-corrected chi connectivity index (χ2v) is 3.84. The summed E-state index contributed by atoms with van der Waals surface area (Å²) in [4.78, 5) is 11.5. The van der Waals surface area contributed by atoms with Gasteiger partial charge in [0.2, 0.25) is 5.75 Å². The molecule has 8 heteroatoms. The Hall–Kier alpha value is -1.83. The van der Waals surface area contributed by atoms with Crippen molar-refractivity contribution in [3.63, 3.8) is 0 Å². The van der Waals surface area contributed by atoms with Crippen LogP contribution < -0.4 is 4.74 Å². The van der Waals surface area contributed by atoms with E-state index in [9.17, 15) is 23.3 Å². The first-order valence-corrected chi connectivity index (χ1v) is 4.87. The van der Waals surface area contributed by atoms with Crippen molar-refractivity contribution in [2.24, 2.45) is 0 Å². The minimum absolute atomic E-state index is 0.382. The highest BCUT2D eigenvalue weighted by Crippen LogP contribution is 2.32. The van der Waals surface area contributed by atoms with Crippen LogP contribution >= 0.6 is 0 Å². The van der Waals surface area contributed by atoms with Gasteiger partial charge < -0.3 is 9.64 Å². The van der Waals surface area contributed by atoms with E-state index in [0.29, 0.717) is 12.1 Å². The maximum Gasteiger partial charge on any atom is 0.573 e. The van der Waals surface area contributed by atoms with Gasteiger partial charge in [0, 0.05) is 12.6 Å². The standard InChI is InChI=1S/C10H11F3N2O3/c1-14(2)6-7-3-4-9(18-10(11,12)13)8(5-7)15(16)17/h3-5H,6H2,1-2H3. The van der Waals surface area contributed by atoms with Crippen molar-refractivity contribution in [2.75, 3.05) is 14.1 Å². The first-order chi connectivity index (χ1) is 8.19. The highest BCUT2D eigenvalue weighted by atomic mass is 19.4. The van der Waals surface area contributed by atoms with Gasteiger partial charge in [-0.1, -0.05) is 6.07 Å². The lowest BCUT2D eigenvalue weighted by Crippen LogP contribution is -2.18. The zero-order chi connectivity index (χ0) is 13.9. The molecular weight excluding hydrogens is 253 g/mol. The molecule has 0 aliphatic rings. The molecule has 0 fully saturated rings. The van der Waals surface area contributed by atoms with Gasteiger partial charge in [-0.05, 0) is 25.7 Å². The Bertz CT molecular complexity index is 446. The van der Waals surface area contributed by atoms with Crippen LogP contribution in [0.4, 0.5) is 18.9 Å². The van der Waals surface area contributed by atoms with E-state index in [4.69, 9.17) is 0 Å². The topological polar surface area (TPSA) is 55.6 Å². The van der Waals surface area contributed by atoms with Crippen LogP contribution in [0.25, 0.3) is 0 Å². The number of nitro groups is 1. The molecule has 0 aliphatic carbocycles. The molecule has 100 valence electrons. The molecule has 0 unspecified atom stereocenters. The van der Waals surface area contributed by atoms with Crippen molar-refractivity contribution in [1.29, 1.82) is 0 Å². The predicted octanol–water partition coefficient (Wildman–Crippen LogP) is 2.56. The van der Waals surface area contributed by atoms with E-state index in [1.807, 2.05) is 0 Å². The minimum atomic E-state index is -4.95. The van der Waals surface area contributed by atoms with Crippen LogP contribution in [0, 0.1) is 10.1 Å². The van der Waals surface area contributed by atoms with Gasteiger partial charge in [-0.3, -0.25) is 10.1 Å². The van der Waals surface area contributed by atoms with Gasteiger partial charge in [0.25, 0.3) is 0 Å².